The molecule has 0 aliphatic heterocycles. The summed E-state index contributed by atoms with van der Waals surface area (Å²) in [4.78, 5) is 11.7. The van der Waals surface area contributed by atoms with Crippen LogP contribution < -0.4 is 4.74 Å². The number of rotatable bonds is 3. The number of hydrogen-bond donors (Lipinski definition) is 1. The molecule has 82 valence electrons. The molecule has 0 aliphatic carbocycles. The molecule has 0 fully saturated rings. The van der Waals surface area contributed by atoms with Gasteiger partial charge in [-0.1, -0.05) is 0 Å². The molecule has 1 aromatic heterocycles. The van der Waals surface area contributed by atoms with Crippen molar-refractivity contribution in [1.29, 1.82) is 0 Å². The van der Waals surface area contributed by atoms with Crippen LogP contribution in [-0.4, -0.2) is 18.2 Å². The summed E-state index contributed by atoms with van der Waals surface area (Å²) >= 11 is 1.42. The highest BCUT2D eigenvalue weighted by atomic mass is 32.1. The Morgan fingerprint density at radius 3 is 2.50 bits per heavy atom. The first-order valence-corrected chi connectivity index (χ1v) is 5.55. The lowest BCUT2D eigenvalue weighted by atomic mass is 10.1. The number of thiophene rings is 1. The van der Waals surface area contributed by atoms with Crippen LogP contribution in [0.25, 0.3) is 10.4 Å². The van der Waals surface area contributed by atoms with E-state index >= 15 is 0 Å². The number of carboxylic acid groups (broad SMARTS) is 1. The predicted octanol–water partition coefficient (Wildman–Crippen LogP) is 3.12. The van der Waals surface area contributed by atoms with Gasteiger partial charge in [0.1, 0.15) is 5.75 Å². The van der Waals surface area contributed by atoms with Crippen LogP contribution in [0.2, 0.25) is 0 Å². The number of hydrogen-bond acceptors (Lipinski definition) is 3. The first-order chi connectivity index (χ1) is 7.70. The first-order valence-electron chi connectivity index (χ1n) is 4.67. The molecule has 3 nitrogen and oxygen atoms in total. The van der Waals surface area contributed by atoms with Gasteiger partial charge in [0.2, 0.25) is 0 Å². The minimum Gasteiger partial charge on any atom is -0.497 e. The Hall–Kier alpha value is -1.81. The molecule has 1 N–H and O–H groups in total. The largest absolute Gasteiger partial charge is 0.497 e. The highest BCUT2D eigenvalue weighted by molar-refractivity contribution is 7.13. The van der Waals surface area contributed by atoms with Crippen molar-refractivity contribution >= 4 is 17.3 Å². The number of carbonyl (C=O) groups is 1. The Morgan fingerprint density at radius 1 is 1.31 bits per heavy atom. The lowest BCUT2D eigenvalue weighted by molar-refractivity contribution is 0.0697. The van der Waals surface area contributed by atoms with Gasteiger partial charge in [0.05, 0.1) is 12.7 Å². The first kappa shape index (κ1) is 10.7. The lowest BCUT2D eigenvalue weighted by Crippen LogP contribution is -1.91. The Bertz CT molecular complexity index is 499. The van der Waals surface area contributed by atoms with Crippen LogP contribution in [0.15, 0.2) is 35.7 Å². The van der Waals surface area contributed by atoms with Gasteiger partial charge >= 0.3 is 5.97 Å². The van der Waals surface area contributed by atoms with Crippen molar-refractivity contribution in [2.45, 2.75) is 0 Å². The van der Waals surface area contributed by atoms with Crippen LogP contribution in [0.5, 0.6) is 5.75 Å². The average molecular weight is 234 g/mol. The van der Waals surface area contributed by atoms with E-state index in [-0.39, 0.29) is 0 Å². The minimum atomic E-state index is -0.893. The molecule has 0 amide bonds. The lowest BCUT2D eigenvalue weighted by Gasteiger charge is -2.00. The fourth-order valence-corrected chi connectivity index (χ4v) is 2.25. The van der Waals surface area contributed by atoms with Crippen molar-refractivity contribution in [2.75, 3.05) is 7.11 Å². The molecule has 16 heavy (non-hydrogen) atoms. The van der Waals surface area contributed by atoms with Gasteiger partial charge in [0.15, 0.2) is 0 Å². The number of carboxylic acids is 1. The summed E-state index contributed by atoms with van der Waals surface area (Å²) < 4.78 is 5.06. The second-order valence-corrected chi connectivity index (χ2v) is 4.14. The summed E-state index contributed by atoms with van der Waals surface area (Å²) in [5.41, 5.74) is 1.33. The van der Waals surface area contributed by atoms with E-state index in [9.17, 15) is 4.79 Å². The normalized spacial score (nSPS) is 10.1. The van der Waals surface area contributed by atoms with Crippen molar-refractivity contribution in [3.63, 3.8) is 0 Å². The molecule has 0 saturated heterocycles. The Kier molecular flexibility index (Phi) is 2.92. The molecule has 0 bridgehead atoms. The second-order valence-electron chi connectivity index (χ2n) is 3.23. The smallest absolute Gasteiger partial charge is 0.336 e. The van der Waals surface area contributed by atoms with Gasteiger partial charge in [0, 0.05) is 10.3 Å². The summed E-state index contributed by atoms with van der Waals surface area (Å²) in [7, 11) is 1.61. The standard InChI is InChI=1S/C12H10O3S/c1-15-10-4-2-8(3-5-10)11-6-9(7-16-11)12(13)14/h2-7H,1H3,(H,13,14). The predicted molar refractivity (Wildman–Crippen MR) is 63.3 cm³/mol. The van der Waals surface area contributed by atoms with Crippen molar-refractivity contribution < 1.29 is 14.6 Å². The molecule has 0 atom stereocenters. The Balaban J connectivity index is 2.31. The molecule has 0 saturated carbocycles. The Morgan fingerprint density at radius 2 is 2.00 bits per heavy atom. The highest BCUT2D eigenvalue weighted by Crippen LogP contribution is 2.28. The SMILES string of the molecule is COc1ccc(-c2cc(C(=O)O)cs2)cc1. The summed E-state index contributed by atoms with van der Waals surface area (Å²) in [6.45, 7) is 0. The molecule has 4 heteroatoms. The van der Waals surface area contributed by atoms with E-state index in [0.29, 0.717) is 5.56 Å². The third-order valence-corrected chi connectivity index (χ3v) is 3.20. The number of aromatic carboxylic acids is 1. The molecule has 1 heterocycles. The van der Waals surface area contributed by atoms with Gasteiger partial charge < -0.3 is 9.84 Å². The average Bonchev–Trinajstić information content (AvgIpc) is 2.78. The van der Waals surface area contributed by atoms with Crippen LogP contribution in [0.1, 0.15) is 10.4 Å². The summed E-state index contributed by atoms with van der Waals surface area (Å²) in [5, 5.41) is 10.5. The van der Waals surface area contributed by atoms with Crippen molar-refractivity contribution in [3.8, 4) is 16.2 Å². The summed E-state index contributed by atoms with van der Waals surface area (Å²) in [6.07, 6.45) is 0. The molecular weight excluding hydrogens is 224 g/mol. The summed E-state index contributed by atoms with van der Waals surface area (Å²) in [5.74, 6) is -0.102. The van der Waals surface area contributed by atoms with Gasteiger partial charge in [-0.15, -0.1) is 11.3 Å². The van der Waals surface area contributed by atoms with Gasteiger partial charge in [-0.05, 0) is 35.9 Å². The zero-order chi connectivity index (χ0) is 11.5. The van der Waals surface area contributed by atoms with Crippen molar-refractivity contribution in [2.24, 2.45) is 0 Å². The molecule has 0 aliphatic rings. The maximum absolute atomic E-state index is 10.7. The maximum atomic E-state index is 10.7. The minimum absolute atomic E-state index is 0.329. The highest BCUT2D eigenvalue weighted by Gasteiger charge is 2.07. The molecule has 2 rings (SSSR count). The number of methoxy groups -OCH3 is 1. The molecular formula is C12H10O3S. The van der Waals surface area contributed by atoms with Crippen LogP contribution in [0, 0.1) is 0 Å². The fourth-order valence-electron chi connectivity index (χ4n) is 1.36. The molecule has 0 radical (unpaired) electrons. The van der Waals surface area contributed by atoms with Crippen LogP contribution >= 0.6 is 11.3 Å². The maximum Gasteiger partial charge on any atom is 0.336 e. The van der Waals surface area contributed by atoms with Crippen molar-refractivity contribution in [1.82, 2.24) is 0 Å². The summed E-state index contributed by atoms with van der Waals surface area (Å²) in [6, 6.07) is 9.21. The van der Waals surface area contributed by atoms with E-state index in [1.165, 1.54) is 11.3 Å². The van der Waals surface area contributed by atoms with E-state index in [1.54, 1.807) is 18.6 Å². The van der Waals surface area contributed by atoms with Gasteiger partial charge in [-0.2, -0.15) is 0 Å². The quantitative estimate of drug-likeness (QED) is 0.887. The van der Waals surface area contributed by atoms with Gasteiger partial charge in [-0.3, -0.25) is 0 Å². The fraction of sp³-hybridized carbons (Fsp3) is 0.0833. The zero-order valence-corrected chi connectivity index (χ0v) is 9.45. The van der Waals surface area contributed by atoms with Gasteiger partial charge in [0.25, 0.3) is 0 Å². The van der Waals surface area contributed by atoms with E-state index < -0.39 is 5.97 Å². The zero-order valence-electron chi connectivity index (χ0n) is 8.64. The van der Waals surface area contributed by atoms with Crippen molar-refractivity contribution in [3.05, 3.63) is 41.3 Å². The van der Waals surface area contributed by atoms with Crippen LogP contribution in [0.4, 0.5) is 0 Å². The van der Waals surface area contributed by atoms with Crippen LogP contribution in [0.3, 0.4) is 0 Å². The topological polar surface area (TPSA) is 46.5 Å². The van der Waals surface area contributed by atoms with Crippen LogP contribution in [-0.2, 0) is 0 Å². The van der Waals surface area contributed by atoms with Gasteiger partial charge in [-0.25, -0.2) is 4.79 Å². The van der Waals surface area contributed by atoms with E-state index in [4.69, 9.17) is 9.84 Å². The third-order valence-electron chi connectivity index (χ3n) is 2.22. The molecule has 0 unspecified atom stereocenters. The third kappa shape index (κ3) is 2.06. The van der Waals surface area contributed by atoms with E-state index in [2.05, 4.69) is 0 Å². The monoisotopic (exact) mass is 234 g/mol. The Labute approximate surface area is 96.9 Å². The number of benzene rings is 1. The molecule has 2 aromatic rings. The van der Waals surface area contributed by atoms with E-state index in [1.807, 2.05) is 24.3 Å². The number of ether oxygens (including phenoxy) is 1. The van der Waals surface area contributed by atoms with E-state index in [0.717, 1.165) is 16.2 Å². The molecule has 1 aromatic carbocycles. The second kappa shape index (κ2) is 4.37. The molecule has 0 spiro atoms.